The maximum Gasteiger partial charge on any atom is 0.214 e. The van der Waals surface area contributed by atoms with Crippen molar-refractivity contribution in [3.05, 3.63) is 53.6 Å². The van der Waals surface area contributed by atoms with Crippen molar-refractivity contribution in [2.24, 2.45) is 0 Å². The lowest BCUT2D eigenvalue weighted by Crippen LogP contribution is -1.94. The Labute approximate surface area is 94.2 Å². The Morgan fingerprint density at radius 2 is 1.94 bits per heavy atom. The maximum absolute atomic E-state index is 12.9. The van der Waals surface area contributed by atoms with Crippen molar-refractivity contribution in [1.29, 1.82) is 0 Å². The first kappa shape index (κ1) is 10.6. The molecule has 0 saturated heterocycles. The number of hydrogen-bond acceptors (Lipinski definition) is 2. The van der Waals surface area contributed by atoms with Crippen LogP contribution in [0.4, 0.5) is 15.8 Å². The van der Waals surface area contributed by atoms with Gasteiger partial charge in [-0.1, -0.05) is 17.7 Å². The third-order valence-electron chi connectivity index (χ3n) is 2.39. The number of nitrogens with one attached hydrogen (secondary N) is 1. The van der Waals surface area contributed by atoms with Crippen LogP contribution in [-0.2, 0) is 0 Å². The summed E-state index contributed by atoms with van der Waals surface area (Å²) in [5, 5.41) is 3.16. The standard InChI is InChI=1S/C13H13FN2/c1-9-3-4-12(10(2)7-9)16-11-5-6-15-13(14)8-11/h3-8H,1-2H3,(H,15,16). The molecule has 1 heterocycles. The molecule has 3 heteroatoms. The summed E-state index contributed by atoms with van der Waals surface area (Å²) in [4.78, 5) is 3.51. The zero-order chi connectivity index (χ0) is 11.5. The summed E-state index contributed by atoms with van der Waals surface area (Å²) in [6.07, 6.45) is 1.45. The van der Waals surface area contributed by atoms with Crippen LogP contribution in [0.15, 0.2) is 36.5 Å². The number of benzene rings is 1. The highest BCUT2D eigenvalue weighted by molar-refractivity contribution is 5.62. The summed E-state index contributed by atoms with van der Waals surface area (Å²) < 4.78 is 12.9. The van der Waals surface area contributed by atoms with Crippen LogP contribution in [0.5, 0.6) is 0 Å². The molecule has 0 saturated carbocycles. The van der Waals surface area contributed by atoms with Gasteiger partial charge in [-0.3, -0.25) is 0 Å². The monoisotopic (exact) mass is 216 g/mol. The molecule has 0 fully saturated rings. The minimum Gasteiger partial charge on any atom is -0.355 e. The lowest BCUT2D eigenvalue weighted by molar-refractivity contribution is 0.584. The number of aromatic nitrogens is 1. The molecule has 0 aliphatic rings. The molecule has 0 aliphatic heterocycles. The van der Waals surface area contributed by atoms with Crippen molar-refractivity contribution < 1.29 is 4.39 Å². The second-order valence-electron chi connectivity index (χ2n) is 3.81. The van der Waals surface area contributed by atoms with Crippen LogP contribution < -0.4 is 5.32 Å². The number of halogens is 1. The van der Waals surface area contributed by atoms with E-state index in [4.69, 9.17) is 0 Å². The summed E-state index contributed by atoms with van der Waals surface area (Å²) in [7, 11) is 0. The van der Waals surface area contributed by atoms with Crippen LogP contribution in [-0.4, -0.2) is 4.98 Å². The molecule has 1 N–H and O–H groups in total. The van der Waals surface area contributed by atoms with E-state index >= 15 is 0 Å². The first-order chi connectivity index (χ1) is 7.65. The van der Waals surface area contributed by atoms with E-state index in [0.29, 0.717) is 5.69 Å². The molecule has 2 aromatic rings. The van der Waals surface area contributed by atoms with Gasteiger partial charge in [0.25, 0.3) is 0 Å². The summed E-state index contributed by atoms with van der Waals surface area (Å²) in [6.45, 7) is 4.07. The van der Waals surface area contributed by atoms with Gasteiger partial charge < -0.3 is 5.32 Å². The average Bonchev–Trinajstić information content (AvgIpc) is 2.22. The van der Waals surface area contributed by atoms with Gasteiger partial charge in [0.1, 0.15) is 0 Å². The number of pyridine rings is 1. The van der Waals surface area contributed by atoms with Gasteiger partial charge in [-0.2, -0.15) is 4.39 Å². The van der Waals surface area contributed by atoms with Gasteiger partial charge in [-0.05, 0) is 31.5 Å². The highest BCUT2D eigenvalue weighted by atomic mass is 19.1. The van der Waals surface area contributed by atoms with Crippen LogP contribution in [0.2, 0.25) is 0 Å². The zero-order valence-corrected chi connectivity index (χ0v) is 9.29. The lowest BCUT2D eigenvalue weighted by Gasteiger charge is -2.09. The van der Waals surface area contributed by atoms with Crippen molar-refractivity contribution in [2.75, 3.05) is 5.32 Å². The van der Waals surface area contributed by atoms with Crippen molar-refractivity contribution in [3.8, 4) is 0 Å². The molecule has 0 amide bonds. The van der Waals surface area contributed by atoms with Crippen molar-refractivity contribution in [1.82, 2.24) is 4.98 Å². The normalized spacial score (nSPS) is 10.2. The number of anilines is 2. The van der Waals surface area contributed by atoms with E-state index in [1.165, 1.54) is 17.8 Å². The molecule has 82 valence electrons. The van der Waals surface area contributed by atoms with Gasteiger partial charge in [0.15, 0.2) is 0 Å². The van der Waals surface area contributed by atoms with E-state index in [1.807, 2.05) is 26.0 Å². The fraction of sp³-hybridized carbons (Fsp3) is 0.154. The third-order valence-corrected chi connectivity index (χ3v) is 2.39. The Morgan fingerprint density at radius 3 is 2.62 bits per heavy atom. The largest absolute Gasteiger partial charge is 0.355 e. The van der Waals surface area contributed by atoms with E-state index in [9.17, 15) is 4.39 Å². The average molecular weight is 216 g/mol. The predicted molar refractivity (Wildman–Crippen MR) is 63.4 cm³/mol. The molecule has 0 bridgehead atoms. The second-order valence-corrected chi connectivity index (χ2v) is 3.81. The number of rotatable bonds is 2. The van der Waals surface area contributed by atoms with Gasteiger partial charge in [-0.25, -0.2) is 4.98 Å². The molecule has 0 aliphatic carbocycles. The molecule has 2 rings (SSSR count). The van der Waals surface area contributed by atoms with E-state index in [0.717, 1.165) is 11.3 Å². The molecule has 1 aromatic heterocycles. The lowest BCUT2D eigenvalue weighted by atomic mass is 10.1. The topological polar surface area (TPSA) is 24.9 Å². The van der Waals surface area contributed by atoms with Gasteiger partial charge >= 0.3 is 0 Å². The number of aryl methyl sites for hydroxylation is 2. The Hall–Kier alpha value is -1.90. The number of hydrogen-bond donors (Lipinski definition) is 1. The summed E-state index contributed by atoms with van der Waals surface area (Å²) >= 11 is 0. The van der Waals surface area contributed by atoms with Crippen LogP contribution in [0, 0.1) is 19.8 Å². The zero-order valence-electron chi connectivity index (χ0n) is 9.29. The molecule has 0 atom stereocenters. The van der Waals surface area contributed by atoms with Gasteiger partial charge in [0.05, 0.1) is 0 Å². The minimum absolute atomic E-state index is 0.477. The Balaban J connectivity index is 2.27. The van der Waals surface area contributed by atoms with Crippen molar-refractivity contribution >= 4 is 11.4 Å². The van der Waals surface area contributed by atoms with Crippen LogP contribution in [0.1, 0.15) is 11.1 Å². The molecule has 1 aromatic carbocycles. The molecule has 16 heavy (non-hydrogen) atoms. The molecular weight excluding hydrogens is 203 g/mol. The SMILES string of the molecule is Cc1ccc(Nc2ccnc(F)c2)c(C)c1. The second kappa shape index (κ2) is 4.31. The smallest absolute Gasteiger partial charge is 0.214 e. The number of nitrogens with zero attached hydrogens (tertiary/aromatic N) is 1. The maximum atomic E-state index is 12.9. The summed E-state index contributed by atoms with van der Waals surface area (Å²) in [6, 6.07) is 9.21. The first-order valence-corrected chi connectivity index (χ1v) is 5.11. The molecular formula is C13H13FN2. The first-order valence-electron chi connectivity index (χ1n) is 5.11. The van der Waals surface area contributed by atoms with Crippen LogP contribution >= 0.6 is 0 Å². The predicted octanol–water partition coefficient (Wildman–Crippen LogP) is 3.58. The molecule has 2 nitrogen and oxygen atoms in total. The van der Waals surface area contributed by atoms with Crippen molar-refractivity contribution in [2.45, 2.75) is 13.8 Å². The van der Waals surface area contributed by atoms with E-state index in [-0.39, 0.29) is 0 Å². The molecule has 0 unspecified atom stereocenters. The fourth-order valence-electron chi connectivity index (χ4n) is 1.59. The van der Waals surface area contributed by atoms with E-state index in [1.54, 1.807) is 6.07 Å². The van der Waals surface area contributed by atoms with Gasteiger partial charge in [-0.15, -0.1) is 0 Å². The van der Waals surface area contributed by atoms with E-state index in [2.05, 4.69) is 16.4 Å². The van der Waals surface area contributed by atoms with Crippen molar-refractivity contribution in [3.63, 3.8) is 0 Å². The van der Waals surface area contributed by atoms with Crippen LogP contribution in [0.25, 0.3) is 0 Å². The Kier molecular flexibility index (Phi) is 2.86. The third kappa shape index (κ3) is 2.37. The minimum atomic E-state index is -0.477. The highest BCUT2D eigenvalue weighted by Crippen LogP contribution is 2.21. The van der Waals surface area contributed by atoms with Gasteiger partial charge in [0.2, 0.25) is 5.95 Å². The Morgan fingerprint density at radius 1 is 1.12 bits per heavy atom. The Bertz CT molecular complexity index is 509. The fourth-order valence-corrected chi connectivity index (χ4v) is 1.59. The molecule has 0 radical (unpaired) electrons. The quantitative estimate of drug-likeness (QED) is 0.776. The van der Waals surface area contributed by atoms with Crippen LogP contribution in [0.3, 0.4) is 0 Å². The van der Waals surface area contributed by atoms with Gasteiger partial charge in [0, 0.05) is 23.6 Å². The van der Waals surface area contributed by atoms with E-state index < -0.39 is 5.95 Å². The highest BCUT2D eigenvalue weighted by Gasteiger charge is 2.00. The summed E-state index contributed by atoms with van der Waals surface area (Å²) in [5.41, 5.74) is 4.04. The molecule has 0 spiro atoms. The summed E-state index contributed by atoms with van der Waals surface area (Å²) in [5.74, 6) is -0.477.